The molecule has 0 aliphatic carbocycles. The summed E-state index contributed by atoms with van der Waals surface area (Å²) in [4.78, 5) is 38.4. The third kappa shape index (κ3) is 5.06. The molecule has 1 unspecified atom stereocenters. The van der Waals surface area contributed by atoms with Crippen molar-refractivity contribution in [2.45, 2.75) is 19.4 Å². The molecule has 1 aliphatic heterocycles. The van der Waals surface area contributed by atoms with Gasteiger partial charge in [0.15, 0.2) is 0 Å². The number of primary amides is 1. The van der Waals surface area contributed by atoms with Crippen LogP contribution in [0.15, 0.2) is 30.3 Å². The van der Waals surface area contributed by atoms with Crippen molar-refractivity contribution in [3.05, 3.63) is 35.9 Å². The summed E-state index contributed by atoms with van der Waals surface area (Å²) in [5.41, 5.74) is 6.72. The van der Waals surface area contributed by atoms with Gasteiger partial charge < -0.3 is 16.0 Å². The summed E-state index contributed by atoms with van der Waals surface area (Å²) in [6.45, 7) is 3.41. The maximum absolute atomic E-state index is 12.1. The van der Waals surface area contributed by atoms with E-state index in [4.69, 9.17) is 5.73 Å². The third-order valence-corrected chi connectivity index (χ3v) is 4.19. The summed E-state index contributed by atoms with van der Waals surface area (Å²) in [7, 11) is 0. The van der Waals surface area contributed by atoms with Crippen LogP contribution in [-0.2, 0) is 20.8 Å². The molecule has 130 valence electrons. The molecular formula is C17H24N4O3. The fourth-order valence-corrected chi connectivity index (χ4v) is 2.81. The first-order valence-corrected chi connectivity index (χ1v) is 8.07. The van der Waals surface area contributed by atoms with Crippen molar-refractivity contribution < 1.29 is 14.4 Å². The highest BCUT2D eigenvalue weighted by Gasteiger charge is 2.32. The highest BCUT2D eigenvalue weighted by atomic mass is 16.2. The molecule has 1 aromatic rings. The van der Waals surface area contributed by atoms with Gasteiger partial charge in [0.05, 0.1) is 6.54 Å². The van der Waals surface area contributed by atoms with E-state index in [0.717, 1.165) is 6.42 Å². The number of rotatable bonds is 6. The van der Waals surface area contributed by atoms with Crippen molar-refractivity contribution in [2.24, 2.45) is 5.73 Å². The Hall–Kier alpha value is -2.41. The van der Waals surface area contributed by atoms with Gasteiger partial charge in [-0.1, -0.05) is 30.3 Å². The molecule has 0 aromatic heterocycles. The van der Waals surface area contributed by atoms with Crippen LogP contribution in [0.4, 0.5) is 0 Å². The van der Waals surface area contributed by atoms with E-state index in [1.165, 1.54) is 12.5 Å². The number of hydrogen-bond acceptors (Lipinski definition) is 4. The Bertz CT molecular complexity index is 591. The van der Waals surface area contributed by atoms with Gasteiger partial charge in [0.25, 0.3) is 0 Å². The van der Waals surface area contributed by atoms with E-state index >= 15 is 0 Å². The molecule has 1 aliphatic rings. The monoisotopic (exact) mass is 332 g/mol. The first-order chi connectivity index (χ1) is 11.5. The van der Waals surface area contributed by atoms with Crippen LogP contribution in [0, 0.1) is 0 Å². The molecule has 2 rings (SSSR count). The Morgan fingerprint density at radius 2 is 1.92 bits per heavy atom. The zero-order chi connectivity index (χ0) is 17.5. The van der Waals surface area contributed by atoms with E-state index in [9.17, 15) is 14.4 Å². The Labute approximate surface area is 141 Å². The zero-order valence-corrected chi connectivity index (χ0v) is 13.9. The van der Waals surface area contributed by atoms with E-state index in [1.54, 1.807) is 4.90 Å². The second-order valence-corrected chi connectivity index (χ2v) is 5.94. The van der Waals surface area contributed by atoms with Gasteiger partial charge in [-0.25, -0.2) is 0 Å². The van der Waals surface area contributed by atoms with Crippen LogP contribution in [0.5, 0.6) is 0 Å². The largest absolute Gasteiger partial charge is 0.368 e. The fourth-order valence-electron chi connectivity index (χ4n) is 2.81. The van der Waals surface area contributed by atoms with Crippen molar-refractivity contribution in [2.75, 3.05) is 32.7 Å². The summed E-state index contributed by atoms with van der Waals surface area (Å²) in [5, 5.41) is 2.48. The summed E-state index contributed by atoms with van der Waals surface area (Å²) in [6.07, 6.45) is 0.824. The molecule has 0 spiro atoms. The number of carbonyl (C=O) groups excluding carboxylic acids is 3. The maximum atomic E-state index is 12.1. The lowest BCUT2D eigenvalue weighted by Gasteiger charge is -2.40. The molecular weight excluding hydrogens is 308 g/mol. The van der Waals surface area contributed by atoms with Crippen molar-refractivity contribution >= 4 is 17.7 Å². The molecule has 0 bridgehead atoms. The van der Waals surface area contributed by atoms with Crippen LogP contribution < -0.4 is 11.1 Å². The Balaban J connectivity index is 1.91. The number of nitrogens with two attached hydrogens (primary N) is 1. The predicted molar refractivity (Wildman–Crippen MR) is 90.0 cm³/mol. The third-order valence-electron chi connectivity index (χ3n) is 4.19. The van der Waals surface area contributed by atoms with Gasteiger partial charge in [0, 0.05) is 33.1 Å². The van der Waals surface area contributed by atoms with Crippen LogP contribution in [0.3, 0.4) is 0 Å². The SMILES string of the molecule is CC(=O)NCC(=O)N1CCN(CCc2ccccc2)C(C(N)=O)C1. The lowest BCUT2D eigenvalue weighted by Crippen LogP contribution is -2.60. The van der Waals surface area contributed by atoms with Gasteiger partial charge in [-0.3, -0.25) is 19.3 Å². The average molecular weight is 332 g/mol. The van der Waals surface area contributed by atoms with Gasteiger partial charge in [0.1, 0.15) is 6.04 Å². The standard InChI is InChI=1S/C17H24N4O3/c1-13(22)19-11-16(23)21-10-9-20(15(12-21)17(18)24)8-7-14-5-3-2-4-6-14/h2-6,15H,7-12H2,1H3,(H2,18,24)(H,19,22). The van der Waals surface area contributed by atoms with Gasteiger partial charge in [-0.2, -0.15) is 0 Å². The lowest BCUT2D eigenvalue weighted by atomic mass is 10.1. The first kappa shape index (κ1) is 17.9. The average Bonchev–Trinajstić information content (AvgIpc) is 2.58. The van der Waals surface area contributed by atoms with Crippen molar-refractivity contribution in [3.8, 4) is 0 Å². The van der Waals surface area contributed by atoms with E-state index in [2.05, 4.69) is 5.32 Å². The molecule has 3 amide bonds. The number of carbonyl (C=O) groups is 3. The highest BCUT2D eigenvalue weighted by molar-refractivity contribution is 5.85. The number of benzene rings is 1. The number of amides is 3. The van der Waals surface area contributed by atoms with Crippen LogP contribution in [0.2, 0.25) is 0 Å². The normalized spacial score (nSPS) is 18.2. The number of nitrogens with zero attached hydrogens (tertiary/aromatic N) is 2. The van der Waals surface area contributed by atoms with Gasteiger partial charge in [0.2, 0.25) is 17.7 Å². The molecule has 24 heavy (non-hydrogen) atoms. The lowest BCUT2D eigenvalue weighted by molar-refractivity contribution is -0.137. The van der Waals surface area contributed by atoms with Crippen molar-refractivity contribution in [1.29, 1.82) is 0 Å². The topological polar surface area (TPSA) is 95.7 Å². The van der Waals surface area contributed by atoms with Crippen LogP contribution >= 0.6 is 0 Å². The molecule has 0 saturated carbocycles. The second kappa shape index (κ2) is 8.44. The summed E-state index contributed by atoms with van der Waals surface area (Å²) < 4.78 is 0. The summed E-state index contributed by atoms with van der Waals surface area (Å²) in [6, 6.07) is 9.54. The molecule has 1 atom stereocenters. The van der Waals surface area contributed by atoms with E-state index < -0.39 is 11.9 Å². The van der Waals surface area contributed by atoms with Crippen LogP contribution in [0.1, 0.15) is 12.5 Å². The molecule has 1 saturated heterocycles. The smallest absolute Gasteiger partial charge is 0.242 e. The number of hydrogen-bond donors (Lipinski definition) is 2. The molecule has 1 fully saturated rings. The Morgan fingerprint density at radius 3 is 2.54 bits per heavy atom. The predicted octanol–water partition coefficient (Wildman–Crippen LogP) is -0.637. The van der Waals surface area contributed by atoms with E-state index in [0.29, 0.717) is 19.6 Å². The Kier molecular flexibility index (Phi) is 6.31. The van der Waals surface area contributed by atoms with Gasteiger partial charge in [-0.05, 0) is 12.0 Å². The molecule has 1 heterocycles. The molecule has 7 heteroatoms. The minimum atomic E-state index is -0.497. The highest BCUT2D eigenvalue weighted by Crippen LogP contribution is 2.12. The molecule has 1 aromatic carbocycles. The van der Waals surface area contributed by atoms with Crippen LogP contribution in [0.25, 0.3) is 0 Å². The van der Waals surface area contributed by atoms with Crippen LogP contribution in [-0.4, -0.2) is 66.3 Å². The first-order valence-electron chi connectivity index (χ1n) is 8.07. The van der Waals surface area contributed by atoms with Crippen molar-refractivity contribution in [1.82, 2.24) is 15.1 Å². The zero-order valence-electron chi connectivity index (χ0n) is 13.9. The van der Waals surface area contributed by atoms with E-state index in [-0.39, 0.29) is 24.9 Å². The Morgan fingerprint density at radius 1 is 1.21 bits per heavy atom. The summed E-state index contributed by atoms with van der Waals surface area (Å²) >= 11 is 0. The maximum Gasteiger partial charge on any atom is 0.242 e. The van der Waals surface area contributed by atoms with Gasteiger partial charge >= 0.3 is 0 Å². The van der Waals surface area contributed by atoms with Crippen molar-refractivity contribution in [3.63, 3.8) is 0 Å². The molecule has 3 N–H and O–H groups in total. The fraction of sp³-hybridized carbons (Fsp3) is 0.471. The minimum absolute atomic E-state index is 0.0508. The minimum Gasteiger partial charge on any atom is -0.368 e. The van der Waals surface area contributed by atoms with E-state index in [1.807, 2.05) is 35.2 Å². The second-order valence-electron chi connectivity index (χ2n) is 5.94. The quantitative estimate of drug-likeness (QED) is 0.724. The number of piperazine rings is 1. The molecule has 0 radical (unpaired) electrons. The summed E-state index contributed by atoms with van der Waals surface area (Å²) in [5.74, 6) is -0.879. The molecule has 7 nitrogen and oxygen atoms in total. The van der Waals surface area contributed by atoms with Gasteiger partial charge in [-0.15, -0.1) is 0 Å². The number of nitrogens with one attached hydrogen (secondary N) is 1.